The van der Waals surface area contributed by atoms with Gasteiger partial charge in [0.15, 0.2) is 17.6 Å². The Morgan fingerprint density at radius 2 is 1.46 bits per heavy atom. The summed E-state index contributed by atoms with van der Waals surface area (Å²) in [7, 11) is 0. The highest BCUT2D eigenvalue weighted by Crippen LogP contribution is 2.48. The van der Waals surface area contributed by atoms with E-state index in [1.54, 1.807) is 29.3 Å². The summed E-state index contributed by atoms with van der Waals surface area (Å²) in [5.41, 5.74) is 2.05. The number of ether oxygens (including phenoxy) is 3. The molecular formula is C31H34N2O6. The fourth-order valence-corrected chi connectivity index (χ4v) is 5.03. The topological polar surface area (TPSA) is 77.5 Å². The van der Waals surface area contributed by atoms with E-state index in [1.807, 2.05) is 69.3 Å². The van der Waals surface area contributed by atoms with Gasteiger partial charge in [-0.3, -0.25) is 14.4 Å². The van der Waals surface area contributed by atoms with Crippen LogP contribution in [0.5, 0.6) is 17.2 Å². The maximum atomic E-state index is 13.9. The van der Waals surface area contributed by atoms with Crippen molar-refractivity contribution in [2.75, 3.05) is 29.8 Å². The predicted molar refractivity (Wildman–Crippen MR) is 148 cm³/mol. The number of imide groups is 1. The molecule has 2 amide bonds. The van der Waals surface area contributed by atoms with Gasteiger partial charge in [0.25, 0.3) is 5.91 Å². The highest BCUT2D eigenvalue weighted by molar-refractivity contribution is 6.23. The third kappa shape index (κ3) is 5.16. The van der Waals surface area contributed by atoms with Crippen LogP contribution < -0.4 is 24.2 Å². The van der Waals surface area contributed by atoms with Crippen molar-refractivity contribution in [2.24, 2.45) is 5.92 Å². The smallest absolute Gasteiger partial charge is 0.266 e. The number of nitrogens with zero attached hydrogens (tertiary/aromatic N) is 2. The van der Waals surface area contributed by atoms with Crippen LogP contribution in [0.25, 0.3) is 0 Å². The second-order valence-electron chi connectivity index (χ2n) is 9.50. The van der Waals surface area contributed by atoms with Gasteiger partial charge in [0.1, 0.15) is 11.7 Å². The molecule has 0 N–H and O–H groups in total. The van der Waals surface area contributed by atoms with Crippen molar-refractivity contribution in [3.8, 4) is 17.2 Å². The van der Waals surface area contributed by atoms with Crippen LogP contribution in [0.3, 0.4) is 0 Å². The Bertz CT molecular complexity index is 1300. The standard InChI is InChI=1S/C31H34N2O6/c1-4-18-37-24-15-13-22(14-16-24)32-30(34)27-28(21-12-17-25(38-19-5-2)26(20-21)36-6-3)33(39-29(27)31(32)35)23-10-8-7-9-11-23/h7-17,20,27-29H,4-6,18-19H2,1-3H3/t27-,28-,29+/m1/s1. The van der Waals surface area contributed by atoms with E-state index in [4.69, 9.17) is 19.0 Å². The minimum Gasteiger partial charge on any atom is -0.494 e. The molecule has 3 atom stereocenters. The monoisotopic (exact) mass is 530 g/mol. The van der Waals surface area contributed by atoms with E-state index in [9.17, 15) is 9.59 Å². The van der Waals surface area contributed by atoms with E-state index in [-0.39, 0.29) is 11.8 Å². The first-order valence-electron chi connectivity index (χ1n) is 13.6. The molecule has 2 aliphatic rings. The van der Waals surface area contributed by atoms with Gasteiger partial charge in [-0.15, -0.1) is 0 Å². The molecule has 2 aliphatic heterocycles. The Hall–Kier alpha value is -4.04. The van der Waals surface area contributed by atoms with Gasteiger partial charge in [-0.25, -0.2) is 9.96 Å². The lowest BCUT2D eigenvalue weighted by molar-refractivity contribution is -0.126. The van der Waals surface area contributed by atoms with Crippen molar-refractivity contribution in [3.05, 3.63) is 78.4 Å². The van der Waals surface area contributed by atoms with Crippen LogP contribution in [0.2, 0.25) is 0 Å². The Balaban J connectivity index is 1.51. The number of anilines is 2. The van der Waals surface area contributed by atoms with Gasteiger partial charge in [-0.2, -0.15) is 0 Å². The predicted octanol–water partition coefficient (Wildman–Crippen LogP) is 5.71. The zero-order chi connectivity index (χ0) is 27.4. The fraction of sp³-hybridized carbons (Fsp3) is 0.355. The summed E-state index contributed by atoms with van der Waals surface area (Å²) >= 11 is 0. The number of rotatable bonds is 11. The summed E-state index contributed by atoms with van der Waals surface area (Å²) in [6, 6.07) is 21.6. The van der Waals surface area contributed by atoms with Gasteiger partial charge >= 0.3 is 0 Å². The van der Waals surface area contributed by atoms with Gasteiger partial charge in [-0.05, 0) is 73.9 Å². The fourth-order valence-electron chi connectivity index (χ4n) is 5.03. The van der Waals surface area contributed by atoms with E-state index in [2.05, 4.69) is 0 Å². The molecule has 2 heterocycles. The Kier molecular flexibility index (Phi) is 8.02. The third-order valence-corrected chi connectivity index (χ3v) is 6.76. The first-order chi connectivity index (χ1) is 19.1. The molecule has 2 fully saturated rings. The summed E-state index contributed by atoms with van der Waals surface area (Å²) in [5.74, 6) is 0.494. The second kappa shape index (κ2) is 11.8. The lowest BCUT2D eigenvalue weighted by Gasteiger charge is -2.29. The summed E-state index contributed by atoms with van der Waals surface area (Å²) in [5, 5.41) is 1.68. The minimum absolute atomic E-state index is 0.306. The van der Waals surface area contributed by atoms with Crippen molar-refractivity contribution in [2.45, 2.75) is 45.8 Å². The number of benzene rings is 3. The normalized spacial score (nSPS) is 20.3. The number of hydroxylamine groups is 1. The molecule has 0 unspecified atom stereocenters. The van der Waals surface area contributed by atoms with Crippen LogP contribution in [0, 0.1) is 5.92 Å². The van der Waals surface area contributed by atoms with E-state index in [0.29, 0.717) is 42.8 Å². The number of carbonyl (C=O) groups excluding carboxylic acids is 2. The number of hydrogen-bond acceptors (Lipinski definition) is 7. The van der Waals surface area contributed by atoms with Gasteiger partial charge in [-0.1, -0.05) is 38.1 Å². The Labute approximate surface area is 229 Å². The van der Waals surface area contributed by atoms with Crippen LogP contribution in [0.1, 0.15) is 45.2 Å². The Morgan fingerprint density at radius 1 is 0.744 bits per heavy atom. The van der Waals surface area contributed by atoms with Crippen molar-refractivity contribution in [1.82, 2.24) is 0 Å². The van der Waals surface area contributed by atoms with Crippen LogP contribution in [-0.2, 0) is 14.4 Å². The summed E-state index contributed by atoms with van der Waals surface area (Å²) in [4.78, 5) is 35.1. The number of carbonyl (C=O) groups is 2. The number of para-hydroxylation sites is 1. The average Bonchev–Trinajstić information content (AvgIpc) is 3.47. The van der Waals surface area contributed by atoms with Gasteiger partial charge in [0.2, 0.25) is 5.91 Å². The van der Waals surface area contributed by atoms with Crippen molar-refractivity contribution in [3.63, 3.8) is 0 Å². The summed E-state index contributed by atoms with van der Waals surface area (Å²) < 4.78 is 17.5. The van der Waals surface area contributed by atoms with E-state index in [0.717, 1.165) is 24.1 Å². The highest BCUT2D eigenvalue weighted by Gasteiger charge is 2.60. The molecular weight excluding hydrogens is 496 g/mol. The van der Waals surface area contributed by atoms with E-state index >= 15 is 0 Å². The summed E-state index contributed by atoms with van der Waals surface area (Å²) in [6.45, 7) is 7.62. The second-order valence-corrected chi connectivity index (χ2v) is 9.50. The van der Waals surface area contributed by atoms with Gasteiger partial charge < -0.3 is 14.2 Å². The van der Waals surface area contributed by atoms with Gasteiger partial charge in [0, 0.05) is 0 Å². The minimum atomic E-state index is -0.953. The first-order valence-corrected chi connectivity index (χ1v) is 13.6. The molecule has 5 rings (SSSR count). The molecule has 0 radical (unpaired) electrons. The third-order valence-electron chi connectivity index (χ3n) is 6.76. The maximum absolute atomic E-state index is 13.9. The first kappa shape index (κ1) is 26.6. The van der Waals surface area contributed by atoms with E-state index < -0.39 is 18.1 Å². The van der Waals surface area contributed by atoms with Crippen LogP contribution in [-0.4, -0.2) is 37.7 Å². The zero-order valence-electron chi connectivity index (χ0n) is 22.5. The molecule has 2 saturated heterocycles. The summed E-state index contributed by atoms with van der Waals surface area (Å²) in [6.07, 6.45) is 0.806. The quantitative estimate of drug-likeness (QED) is 0.294. The average molecular weight is 531 g/mol. The molecule has 0 aliphatic carbocycles. The van der Waals surface area contributed by atoms with Crippen LogP contribution >= 0.6 is 0 Å². The Morgan fingerprint density at radius 3 is 2.15 bits per heavy atom. The molecule has 0 bridgehead atoms. The van der Waals surface area contributed by atoms with Crippen molar-refractivity contribution >= 4 is 23.2 Å². The molecule has 3 aromatic carbocycles. The molecule has 0 spiro atoms. The molecule has 0 saturated carbocycles. The van der Waals surface area contributed by atoms with Crippen molar-refractivity contribution < 1.29 is 28.6 Å². The largest absolute Gasteiger partial charge is 0.494 e. The molecule has 3 aromatic rings. The number of hydrogen-bond donors (Lipinski definition) is 0. The molecule has 0 aromatic heterocycles. The van der Waals surface area contributed by atoms with Crippen molar-refractivity contribution in [1.29, 1.82) is 0 Å². The lowest BCUT2D eigenvalue weighted by Crippen LogP contribution is -2.37. The molecule has 8 nitrogen and oxygen atoms in total. The van der Waals surface area contributed by atoms with Crippen LogP contribution in [0.15, 0.2) is 72.8 Å². The van der Waals surface area contributed by atoms with Crippen LogP contribution in [0.4, 0.5) is 11.4 Å². The zero-order valence-corrected chi connectivity index (χ0v) is 22.5. The molecule has 204 valence electrons. The molecule has 8 heteroatoms. The lowest BCUT2D eigenvalue weighted by atomic mass is 9.90. The van der Waals surface area contributed by atoms with E-state index in [1.165, 1.54) is 4.90 Å². The molecule has 39 heavy (non-hydrogen) atoms. The number of amides is 2. The maximum Gasteiger partial charge on any atom is 0.266 e. The SMILES string of the molecule is CCCOc1ccc(N2C(=O)[C@H]3[C@H](ON(c4ccccc4)[C@@H]3c3ccc(OCCC)c(OCC)c3)C2=O)cc1. The van der Waals surface area contributed by atoms with Gasteiger partial charge in [0.05, 0.1) is 37.2 Å². The highest BCUT2D eigenvalue weighted by atomic mass is 16.7. The number of fused-ring (bicyclic) bond motifs is 1.